The Morgan fingerprint density at radius 2 is 1.55 bits per heavy atom. The Bertz CT molecular complexity index is 1080. The number of alkyl halides is 3. The molecule has 2 aromatic rings. The Hall–Kier alpha value is -3.62. The number of halogens is 6. The second-order valence-electron chi connectivity index (χ2n) is 5.20. The Kier molecular flexibility index (Phi) is 6.42. The van der Waals surface area contributed by atoms with Crippen molar-refractivity contribution in [1.29, 1.82) is 15.8 Å². The molecule has 1 N–H and O–H groups in total. The van der Waals surface area contributed by atoms with Crippen LogP contribution in [0.25, 0.3) is 0 Å². The fourth-order valence-electron chi connectivity index (χ4n) is 2.05. The molecule has 0 spiro atoms. The first-order valence-electron chi connectivity index (χ1n) is 7.36. The molecule has 0 amide bonds. The number of rotatable bonds is 4. The molecule has 0 radical (unpaired) electrons. The van der Waals surface area contributed by atoms with Crippen molar-refractivity contribution in [3.05, 3.63) is 63.3 Å². The predicted octanol–water partition coefficient (Wildman–Crippen LogP) is 5.78. The van der Waals surface area contributed by atoms with Crippen LogP contribution in [0.3, 0.4) is 0 Å². The first kappa shape index (κ1) is 21.7. The number of nitrogens with zero attached hydrogens (tertiary/aromatic N) is 3. The van der Waals surface area contributed by atoms with Crippen LogP contribution in [-0.2, 0) is 6.18 Å². The van der Waals surface area contributed by atoms with Crippen molar-refractivity contribution in [2.24, 2.45) is 0 Å². The van der Waals surface area contributed by atoms with Gasteiger partial charge in [-0.05, 0) is 40.2 Å². The summed E-state index contributed by atoms with van der Waals surface area (Å²) in [5.74, 6) is -4.63. The number of hydrogen-bond donors (Lipinski definition) is 1. The molecule has 0 fully saturated rings. The van der Waals surface area contributed by atoms with Gasteiger partial charge in [-0.15, -0.1) is 0 Å². The number of nitriles is 3. The van der Waals surface area contributed by atoms with E-state index in [1.165, 1.54) is 30.3 Å². The van der Waals surface area contributed by atoms with Gasteiger partial charge >= 0.3 is 6.18 Å². The van der Waals surface area contributed by atoms with Crippen LogP contribution in [0, 0.1) is 45.6 Å². The molecular formula is C18H6BrF5N4O. The van der Waals surface area contributed by atoms with Crippen molar-refractivity contribution < 1.29 is 26.7 Å². The smallest absolute Gasteiger partial charge is 0.416 e. The van der Waals surface area contributed by atoms with Gasteiger partial charge in [-0.3, -0.25) is 0 Å². The van der Waals surface area contributed by atoms with E-state index in [-0.39, 0.29) is 28.0 Å². The zero-order valence-electron chi connectivity index (χ0n) is 13.9. The fraction of sp³-hybridized carbons (Fsp3) is 0.0556. The molecule has 0 bridgehead atoms. The topological polar surface area (TPSA) is 92.6 Å². The summed E-state index contributed by atoms with van der Waals surface area (Å²) < 4.78 is 71.5. The minimum Gasteiger partial charge on any atom is -0.448 e. The summed E-state index contributed by atoms with van der Waals surface area (Å²) in [4.78, 5) is 0. The Morgan fingerprint density at radius 1 is 0.966 bits per heavy atom. The average Bonchev–Trinajstić information content (AvgIpc) is 2.65. The largest absolute Gasteiger partial charge is 0.448 e. The molecule has 11 heteroatoms. The van der Waals surface area contributed by atoms with Crippen LogP contribution in [0.15, 0.2) is 46.1 Å². The van der Waals surface area contributed by atoms with Crippen molar-refractivity contribution in [2.75, 3.05) is 5.32 Å². The monoisotopic (exact) mass is 468 g/mol. The number of anilines is 1. The van der Waals surface area contributed by atoms with Crippen LogP contribution < -0.4 is 10.1 Å². The maximum absolute atomic E-state index is 14.1. The van der Waals surface area contributed by atoms with Crippen LogP contribution in [0.1, 0.15) is 5.56 Å². The molecule has 0 aliphatic carbocycles. The van der Waals surface area contributed by atoms with E-state index in [2.05, 4.69) is 21.2 Å². The molecule has 0 atom stereocenters. The number of allylic oxidation sites excluding steroid dienone is 2. The van der Waals surface area contributed by atoms with E-state index >= 15 is 0 Å². The second kappa shape index (κ2) is 8.59. The van der Waals surface area contributed by atoms with Crippen LogP contribution in [0.4, 0.5) is 27.6 Å². The van der Waals surface area contributed by atoms with Gasteiger partial charge in [0, 0.05) is 0 Å². The molecule has 0 unspecified atom stereocenters. The van der Waals surface area contributed by atoms with Crippen LogP contribution in [0.2, 0.25) is 0 Å². The Labute approximate surface area is 169 Å². The molecule has 2 rings (SSSR count). The van der Waals surface area contributed by atoms with Gasteiger partial charge in [-0.1, -0.05) is 6.07 Å². The highest BCUT2D eigenvalue weighted by Gasteiger charge is 2.33. The Morgan fingerprint density at radius 3 is 2.03 bits per heavy atom. The zero-order valence-corrected chi connectivity index (χ0v) is 15.5. The SMILES string of the molecule is N#CC(C#N)=C(C#N)Nc1cccc(Br)c1Oc1c(F)cc(C(F)(F)F)cc1F. The molecular weight excluding hydrogens is 463 g/mol. The lowest BCUT2D eigenvalue weighted by Gasteiger charge is -2.16. The number of benzene rings is 2. The molecule has 0 aromatic heterocycles. The van der Waals surface area contributed by atoms with Gasteiger partial charge in [0.1, 0.15) is 23.9 Å². The highest BCUT2D eigenvalue weighted by molar-refractivity contribution is 9.10. The minimum atomic E-state index is -4.96. The third-order valence-corrected chi connectivity index (χ3v) is 3.97. The van der Waals surface area contributed by atoms with Crippen molar-refractivity contribution in [2.45, 2.75) is 6.18 Å². The van der Waals surface area contributed by atoms with Crippen molar-refractivity contribution >= 4 is 21.6 Å². The normalized spacial score (nSPS) is 10.3. The van der Waals surface area contributed by atoms with E-state index in [1.807, 2.05) is 0 Å². The molecule has 2 aromatic carbocycles. The van der Waals surface area contributed by atoms with Gasteiger partial charge < -0.3 is 10.1 Å². The van der Waals surface area contributed by atoms with E-state index in [0.29, 0.717) is 0 Å². The summed E-state index contributed by atoms with van der Waals surface area (Å²) in [6, 6.07) is 8.87. The number of nitrogens with one attached hydrogen (secondary N) is 1. The van der Waals surface area contributed by atoms with E-state index < -0.39 is 40.4 Å². The summed E-state index contributed by atoms with van der Waals surface area (Å²) in [5.41, 5.74) is -2.65. The molecule has 5 nitrogen and oxygen atoms in total. The molecule has 0 heterocycles. The van der Waals surface area contributed by atoms with Crippen molar-refractivity contribution in [3.63, 3.8) is 0 Å². The third kappa shape index (κ3) is 4.81. The predicted molar refractivity (Wildman–Crippen MR) is 93.1 cm³/mol. The molecule has 29 heavy (non-hydrogen) atoms. The number of ether oxygens (including phenoxy) is 1. The summed E-state index contributed by atoms with van der Waals surface area (Å²) >= 11 is 3.06. The Balaban J connectivity index is 2.54. The highest BCUT2D eigenvalue weighted by Crippen LogP contribution is 2.41. The van der Waals surface area contributed by atoms with Crippen LogP contribution in [-0.4, -0.2) is 0 Å². The molecule has 0 aliphatic rings. The third-order valence-electron chi connectivity index (χ3n) is 3.34. The maximum Gasteiger partial charge on any atom is 0.416 e. The average molecular weight is 469 g/mol. The van der Waals surface area contributed by atoms with E-state index in [9.17, 15) is 22.0 Å². The van der Waals surface area contributed by atoms with Gasteiger partial charge in [0.25, 0.3) is 0 Å². The van der Waals surface area contributed by atoms with Gasteiger partial charge in [-0.25, -0.2) is 8.78 Å². The molecule has 0 aliphatic heterocycles. The second-order valence-corrected chi connectivity index (χ2v) is 6.05. The first-order chi connectivity index (χ1) is 13.6. The zero-order chi connectivity index (χ0) is 21.8. The summed E-state index contributed by atoms with van der Waals surface area (Å²) in [7, 11) is 0. The number of para-hydroxylation sites is 1. The molecule has 0 saturated carbocycles. The lowest BCUT2D eigenvalue weighted by atomic mass is 10.2. The fourth-order valence-corrected chi connectivity index (χ4v) is 2.50. The van der Waals surface area contributed by atoms with Crippen molar-refractivity contribution in [1.82, 2.24) is 0 Å². The summed E-state index contributed by atoms with van der Waals surface area (Å²) in [5, 5.41) is 29.3. The van der Waals surface area contributed by atoms with Crippen LogP contribution in [0.5, 0.6) is 11.5 Å². The highest BCUT2D eigenvalue weighted by atomic mass is 79.9. The quantitative estimate of drug-likeness (QED) is 0.453. The summed E-state index contributed by atoms with van der Waals surface area (Å²) in [6.45, 7) is 0. The lowest BCUT2D eigenvalue weighted by molar-refractivity contribution is -0.138. The molecule has 0 saturated heterocycles. The first-order valence-corrected chi connectivity index (χ1v) is 8.15. The van der Waals surface area contributed by atoms with Crippen molar-refractivity contribution in [3.8, 4) is 29.7 Å². The van der Waals surface area contributed by atoms with E-state index in [4.69, 9.17) is 20.5 Å². The standard InChI is InChI=1S/C18H6BrF5N4O/c19-11-2-1-3-14(28-15(8-27)9(6-25)7-26)16(11)29-17-12(20)4-10(5-13(17)21)18(22,23)24/h1-5,28H. The molecule has 146 valence electrons. The van der Waals surface area contributed by atoms with Gasteiger partial charge in [-0.2, -0.15) is 29.0 Å². The summed E-state index contributed by atoms with van der Waals surface area (Å²) in [6.07, 6.45) is -4.96. The minimum absolute atomic E-state index is 0.0758. The van der Waals surface area contributed by atoms with E-state index in [1.54, 1.807) is 6.07 Å². The van der Waals surface area contributed by atoms with Gasteiger partial charge in [0.2, 0.25) is 0 Å². The van der Waals surface area contributed by atoms with Crippen LogP contribution >= 0.6 is 15.9 Å². The van der Waals surface area contributed by atoms with Gasteiger partial charge in [0.15, 0.2) is 28.7 Å². The lowest BCUT2D eigenvalue weighted by Crippen LogP contribution is -2.08. The number of hydrogen-bond acceptors (Lipinski definition) is 5. The maximum atomic E-state index is 14.1. The van der Waals surface area contributed by atoms with E-state index in [0.717, 1.165) is 0 Å². The van der Waals surface area contributed by atoms with Gasteiger partial charge in [0.05, 0.1) is 15.7 Å².